The fourth-order valence-corrected chi connectivity index (χ4v) is 2.77. The van der Waals surface area contributed by atoms with Gasteiger partial charge >= 0.3 is 0 Å². The van der Waals surface area contributed by atoms with E-state index in [9.17, 15) is 0 Å². The predicted molar refractivity (Wildman–Crippen MR) is 105 cm³/mol. The van der Waals surface area contributed by atoms with Gasteiger partial charge in [0.2, 0.25) is 0 Å². The molecule has 0 N–H and O–H groups in total. The van der Waals surface area contributed by atoms with Crippen molar-refractivity contribution >= 4 is 6.21 Å². The molecule has 0 spiro atoms. The molecule has 3 aromatic rings. The summed E-state index contributed by atoms with van der Waals surface area (Å²) in [5.41, 5.74) is 3.91. The van der Waals surface area contributed by atoms with Gasteiger partial charge in [0.25, 0.3) is 0 Å². The molecular weight excluding hydrogens is 304 g/mol. The van der Waals surface area contributed by atoms with Crippen LogP contribution in [-0.4, -0.2) is 11.2 Å². The Morgan fingerprint density at radius 2 is 1.04 bits per heavy atom. The minimum Gasteiger partial charge on any atom is -0.289 e. The fourth-order valence-electron chi connectivity index (χ4n) is 2.77. The van der Waals surface area contributed by atoms with Crippen LogP contribution >= 0.6 is 0 Å². The molecule has 0 aliphatic rings. The minimum atomic E-state index is 0.817. The molecule has 0 saturated carbocycles. The maximum absolute atomic E-state index is 4.74. The van der Waals surface area contributed by atoms with Crippen molar-refractivity contribution in [3.05, 3.63) is 108 Å². The van der Waals surface area contributed by atoms with E-state index in [0.29, 0.717) is 0 Å². The number of hydrazone groups is 1. The van der Waals surface area contributed by atoms with E-state index in [2.05, 4.69) is 83.9 Å². The van der Waals surface area contributed by atoms with Crippen LogP contribution in [0, 0.1) is 0 Å². The SMILES string of the molecule is C(CCc1ccccc1)=NN(Cc1ccccc1)Cc1ccccc1. The van der Waals surface area contributed by atoms with Gasteiger partial charge in [-0.15, -0.1) is 0 Å². The summed E-state index contributed by atoms with van der Waals surface area (Å²) in [5.74, 6) is 0. The molecule has 0 bridgehead atoms. The Morgan fingerprint density at radius 3 is 1.52 bits per heavy atom. The molecular formula is C23H24N2. The smallest absolute Gasteiger partial charge is 0.0614 e. The highest BCUT2D eigenvalue weighted by Gasteiger charge is 2.03. The lowest BCUT2D eigenvalue weighted by molar-refractivity contribution is 0.272. The van der Waals surface area contributed by atoms with Crippen LogP contribution in [0.5, 0.6) is 0 Å². The van der Waals surface area contributed by atoms with Crippen LogP contribution in [0.4, 0.5) is 0 Å². The second-order valence-corrected chi connectivity index (χ2v) is 6.12. The number of nitrogens with zero attached hydrogens (tertiary/aromatic N) is 2. The highest BCUT2D eigenvalue weighted by atomic mass is 15.4. The van der Waals surface area contributed by atoms with Gasteiger partial charge in [0.05, 0.1) is 13.1 Å². The van der Waals surface area contributed by atoms with Gasteiger partial charge in [-0.3, -0.25) is 5.01 Å². The number of hydrogen-bond donors (Lipinski definition) is 0. The van der Waals surface area contributed by atoms with Crippen molar-refractivity contribution in [2.24, 2.45) is 5.10 Å². The highest BCUT2D eigenvalue weighted by molar-refractivity contribution is 5.57. The first-order valence-corrected chi connectivity index (χ1v) is 8.79. The standard InChI is InChI=1S/C23H24N2/c1-4-11-21(12-5-1)17-10-18-24-25(19-22-13-6-2-7-14-22)20-23-15-8-3-9-16-23/h1-9,11-16,18H,10,17,19-20H2. The van der Waals surface area contributed by atoms with Gasteiger partial charge in [-0.2, -0.15) is 5.10 Å². The lowest BCUT2D eigenvalue weighted by atomic mass is 10.1. The van der Waals surface area contributed by atoms with Crippen LogP contribution in [0.25, 0.3) is 0 Å². The molecule has 0 unspecified atom stereocenters. The Bertz CT molecular complexity index is 710. The summed E-state index contributed by atoms with van der Waals surface area (Å²) in [7, 11) is 0. The highest BCUT2D eigenvalue weighted by Crippen LogP contribution is 2.10. The Hall–Kier alpha value is -2.87. The summed E-state index contributed by atoms with van der Waals surface area (Å²) < 4.78 is 0. The summed E-state index contributed by atoms with van der Waals surface area (Å²) in [6.07, 6.45) is 4.01. The van der Waals surface area contributed by atoms with E-state index in [1.54, 1.807) is 0 Å². The van der Waals surface area contributed by atoms with Crippen LogP contribution in [0.15, 0.2) is 96.1 Å². The second kappa shape index (κ2) is 9.43. The quantitative estimate of drug-likeness (QED) is 0.404. The molecule has 126 valence electrons. The largest absolute Gasteiger partial charge is 0.289 e. The average molecular weight is 328 g/mol. The zero-order valence-electron chi connectivity index (χ0n) is 14.5. The summed E-state index contributed by atoms with van der Waals surface area (Å²) >= 11 is 0. The minimum absolute atomic E-state index is 0.817. The molecule has 0 atom stereocenters. The van der Waals surface area contributed by atoms with Crippen molar-refractivity contribution in [3.63, 3.8) is 0 Å². The fraction of sp³-hybridized carbons (Fsp3) is 0.174. The number of rotatable bonds is 8. The third-order valence-corrected chi connectivity index (χ3v) is 4.07. The molecule has 2 heteroatoms. The van der Waals surface area contributed by atoms with Crippen LogP contribution < -0.4 is 0 Å². The zero-order valence-corrected chi connectivity index (χ0v) is 14.5. The van der Waals surface area contributed by atoms with E-state index in [1.807, 2.05) is 18.3 Å². The normalized spacial score (nSPS) is 10.9. The van der Waals surface area contributed by atoms with E-state index in [-0.39, 0.29) is 0 Å². The summed E-state index contributed by atoms with van der Waals surface area (Å²) in [6.45, 7) is 1.63. The Kier molecular flexibility index (Phi) is 6.40. The lowest BCUT2D eigenvalue weighted by Crippen LogP contribution is -2.17. The molecule has 0 amide bonds. The Balaban J connectivity index is 1.62. The van der Waals surface area contributed by atoms with Crippen LogP contribution in [0.3, 0.4) is 0 Å². The van der Waals surface area contributed by atoms with Gasteiger partial charge in [-0.05, 0) is 29.5 Å². The van der Waals surface area contributed by atoms with Gasteiger partial charge in [0.15, 0.2) is 0 Å². The number of hydrogen-bond acceptors (Lipinski definition) is 2. The third kappa shape index (κ3) is 5.92. The third-order valence-electron chi connectivity index (χ3n) is 4.07. The average Bonchev–Trinajstić information content (AvgIpc) is 2.67. The molecule has 25 heavy (non-hydrogen) atoms. The van der Waals surface area contributed by atoms with Crippen molar-refractivity contribution in [3.8, 4) is 0 Å². The van der Waals surface area contributed by atoms with Crippen molar-refractivity contribution in [1.82, 2.24) is 5.01 Å². The number of benzene rings is 3. The van der Waals surface area contributed by atoms with Gasteiger partial charge in [0.1, 0.15) is 0 Å². The van der Waals surface area contributed by atoms with Crippen molar-refractivity contribution < 1.29 is 0 Å². The van der Waals surface area contributed by atoms with E-state index in [0.717, 1.165) is 25.9 Å². The van der Waals surface area contributed by atoms with Crippen molar-refractivity contribution in [1.29, 1.82) is 0 Å². The molecule has 0 aliphatic heterocycles. The molecule has 3 rings (SSSR count). The second-order valence-electron chi connectivity index (χ2n) is 6.12. The van der Waals surface area contributed by atoms with Crippen molar-refractivity contribution in [2.45, 2.75) is 25.9 Å². The first-order chi connectivity index (χ1) is 12.4. The summed E-state index contributed by atoms with van der Waals surface area (Å²) in [4.78, 5) is 0. The Labute approximate surface area is 150 Å². The summed E-state index contributed by atoms with van der Waals surface area (Å²) in [5, 5.41) is 6.87. The van der Waals surface area contributed by atoms with Crippen LogP contribution in [0.2, 0.25) is 0 Å². The maximum atomic E-state index is 4.74. The van der Waals surface area contributed by atoms with Crippen LogP contribution in [-0.2, 0) is 19.5 Å². The molecule has 0 aromatic heterocycles. The van der Waals surface area contributed by atoms with E-state index < -0.39 is 0 Å². The van der Waals surface area contributed by atoms with E-state index in [1.165, 1.54) is 16.7 Å². The maximum Gasteiger partial charge on any atom is 0.0614 e. The molecule has 0 saturated heterocycles. The van der Waals surface area contributed by atoms with Gasteiger partial charge < -0.3 is 0 Å². The molecule has 2 nitrogen and oxygen atoms in total. The first-order valence-electron chi connectivity index (χ1n) is 8.79. The Morgan fingerprint density at radius 1 is 0.600 bits per heavy atom. The molecule has 3 aromatic carbocycles. The topological polar surface area (TPSA) is 15.6 Å². The lowest BCUT2D eigenvalue weighted by Gasteiger charge is -2.19. The van der Waals surface area contributed by atoms with Crippen LogP contribution in [0.1, 0.15) is 23.1 Å². The predicted octanol–water partition coefficient (Wildman–Crippen LogP) is 5.31. The number of aryl methyl sites for hydroxylation is 1. The summed E-state index contributed by atoms with van der Waals surface area (Å²) in [6, 6.07) is 31.6. The molecule has 0 aliphatic carbocycles. The van der Waals surface area contributed by atoms with Gasteiger partial charge in [-0.25, -0.2) is 0 Å². The first kappa shape index (κ1) is 17.0. The molecule has 0 heterocycles. The van der Waals surface area contributed by atoms with Crippen molar-refractivity contribution in [2.75, 3.05) is 0 Å². The van der Waals surface area contributed by atoms with E-state index >= 15 is 0 Å². The van der Waals surface area contributed by atoms with Gasteiger partial charge in [-0.1, -0.05) is 91.0 Å². The molecule has 0 radical (unpaired) electrons. The molecule has 0 fully saturated rings. The van der Waals surface area contributed by atoms with Gasteiger partial charge in [0, 0.05) is 6.21 Å². The van der Waals surface area contributed by atoms with E-state index in [4.69, 9.17) is 5.10 Å². The zero-order chi connectivity index (χ0) is 17.2. The monoisotopic (exact) mass is 328 g/mol.